The van der Waals surface area contributed by atoms with E-state index in [1.165, 1.54) is 28.3 Å². The van der Waals surface area contributed by atoms with Crippen LogP contribution in [0.15, 0.2) is 59.4 Å². The SMILES string of the molecule is CCc1cc(=O)n(CC(=O)N[C@@H]2CCc3ccccc32)c(-c2ccc(F)cc2)n1. The summed E-state index contributed by atoms with van der Waals surface area (Å²) < 4.78 is 14.7. The van der Waals surface area contributed by atoms with Crippen molar-refractivity contribution in [3.63, 3.8) is 0 Å². The monoisotopic (exact) mass is 391 g/mol. The second kappa shape index (κ2) is 7.99. The van der Waals surface area contributed by atoms with Crippen molar-refractivity contribution >= 4 is 5.91 Å². The molecule has 0 spiro atoms. The average Bonchev–Trinajstić information content (AvgIpc) is 3.13. The maximum absolute atomic E-state index is 13.3. The fourth-order valence-corrected chi connectivity index (χ4v) is 3.80. The number of rotatable bonds is 5. The molecule has 29 heavy (non-hydrogen) atoms. The van der Waals surface area contributed by atoms with E-state index in [0.717, 1.165) is 18.4 Å². The summed E-state index contributed by atoms with van der Waals surface area (Å²) in [5.41, 5.74) is 3.31. The van der Waals surface area contributed by atoms with E-state index in [4.69, 9.17) is 0 Å². The number of halogens is 1. The van der Waals surface area contributed by atoms with Crippen LogP contribution in [-0.4, -0.2) is 15.5 Å². The minimum absolute atomic E-state index is 0.0495. The predicted octanol–water partition coefficient (Wildman–Crippen LogP) is 3.42. The Morgan fingerprint density at radius 3 is 2.72 bits per heavy atom. The molecule has 1 atom stereocenters. The van der Waals surface area contributed by atoms with E-state index in [9.17, 15) is 14.0 Å². The fourth-order valence-electron chi connectivity index (χ4n) is 3.80. The Morgan fingerprint density at radius 2 is 1.97 bits per heavy atom. The van der Waals surface area contributed by atoms with E-state index in [1.807, 2.05) is 25.1 Å². The quantitative estimate of drug-likeness (QED) is 0.725. The molecule has 2 aromatic carbocycles. The predicted molar refractivity (Wildman–Crippen MR) is 109 cm³/mol. The molecule has 6 heteroatoms. The van der Waals surface area contributed by atoms with Crippen LogP contribution in [0.3, 0.4) is 0 Å². The molecule has 1 aromatic heterocycles. The van der Waals surface area contributed by atoms with Crippen molar-refractivity contribution in [2.45, 2.75) is 38.8 Å². The molecular formula is C23H22FN3O2. The largest absolute Gasteiger partial charge is 0.348 e. The molecule has 0 unspecified atom stereocenters. The average molecular weight is 391 g/mol. The summed E-state index contributed by atoms with van der Waals surface area (Å²) in [4.78, 5) is 30.0. The van der Waals surface area contributed by atoms with Gasteiger partial charge in [0.05, 0.1) is 6.04 Å². The van der Waals surface area contributed by atoms with Gasteiger partial charge < -0.3 is 5.32 Å². The van der Waals surface area contributed by atoms with Crippen molar-refractivity contribution in [3.8, 4) is 11.4 Å². The van der Waals surface area contributed by atoms with Gasteiger partial charge in [-0.25, -0.2) is 9.37 Å². The van der Waals surface area contributed by atoms with E-state index < -0.39 is 0 Å². The molecule has 0 bridgehead atoms. The Kier molecular flexibility index (Phi) is 5.25. The van der Waals surface area contributed by atoms with E-state index in [-0.39, 0.29) is 29.9 Å². The van der Waals surface area contributed by atoms with Gasteiger partial charge in [-0.3, -0.25) is 14.2 Å². The van der Waals surface area contributed by atoms with Crippen molar-refractivity contribution in [2.24, 2.45) is 0 Å². The lowest BCUT2D eigenvalue weighted by Crippen LogP contribution is -2.35. The minimum atomic E-state index is -0.369. The molecule has 0 saturated carbocycles. The molecule has 5 nitrogen and oxygen atoms in total. The molecule has 148 valence electrons. The van der Waals surface area contributed by atoms with Crippen LogP contribution in [0.25, 0.3) is 11.4 Å². The van der Waals surface area contributed by atoms with Crippen LogP contribution in [0.4, 0.5) is 4.39 Å². The maximum atomic E-state index is 13.3. The van der Waals surface area contributed by atoms with Crippen molar-refractivity contribution in [1.82, 2.24) is 14.9 Å². The first-order chi connectivity index (χ1) is 14.0. The number of fused-ring (bicyclic) bond motifs is 1. The molecule has 1 aliphatic carbocycles. The van der Waals surface area contributed by atoms with Crippen molar-refractivity contribution < 1.29 is 9.18 Å². The Morgan fingerprint density at radius 1 is 1.21 bits per heavy atom. The zero-order valence-electron chi connectivity index (χ0n) is 16.2. The first kappa shape index (κ1) is 19.1. The number of hydrogen-bond donors (Lipinski definition) is 1. The first-order valence-electron chi connectivity index (χ1n) is 9.79. The molecule has 0 fully saturated rings. The standard InChI is InChI=1S/C23H22FN3O2/c1-2-18-13-22(29)27(23(25-18)16-7-10-17(24)11-8-16)14-21(28)26-20-12-9-15-5-3-4-6-19(15)20/h3-8,10-11,13,20H,2,9,12,14H2,1H3,(H,26,28)/t20-/m1/s1. The lowest BCUT2D eigenvalue weighted by molar-refractivity contribution is -0.122. The van der Waals surface area contributed by atoms with Crippen LogP contribution >= 0.6 is 0 Å². The molecule has 1 heterocycles. The maximum Gasteiger partial charge on any atom is 0.254 e. The summed E-state index contributed by atoms with van der Waals surface area (Å²) in [5.74, 6) is -0.244. The first-order valence-corrected chi connectivity index (χ1v) is 9.79. The third-order valence-corrected chi connectivity index (χ3v) is 5.30. The number of amides is 1. The normalized spacial score (nSPS) is 15.2. The van der Waals surface area contributed by atoms with Crippen molar-refractivity contribution in [1.29, 1.82) is 0 Å². The summed E-state index contributed by atoms with van der Waals surface area (Å²) in [5, 5.41) is 3.04. The smallest absolute Gasteiger partial charge is 0.254 e. The Balaban J connectivity index is 1.62. The van der Waals surface area contributed by atoms with E-state index in [2.05, 4.69) is 16.4 Å². The highest BCUT2D eigenvalue weighted by Gasteiger charge is 2.24. The molecule has 3 aromatic rings. The molecule has 4 rings (SSSR count). The highest BCUT2D eigenvalue weighted by atomic mass is 19.1. The van der Waals surface area contributed by atoms with Gasteiger partial charge in [0.15, 0.2) is 0 Å². The summed E-state index contributed by atoms with van der Waals surface area (Å²) >= 11 is 0. The number of nitrogens with one attached hydrogen (secondary N) is 1. The highest BCUT2D eigenvalue weighted by Crippen LogP contribution is 2.30. The van der Waals surface area contributed by atoms with Gasteiger partial charge in [0, 0.05) is 17.3 Å². The number of benzene rings is 2. The van der Waals surface area contributed by atoms with Gasteiger partial charge in [0.25, 0.3) is 5.56 Å². The number of nitrogens with zero attached hydrogens (tertiary/aromatic N) is 2. The van der Waals surface area contributed by atoms with Gasteiger partial charge in [-0.15, -0.1) is 0 Å². The minimum Gasteiger partial charge on any atom is -0.348 e. The lowest BCUT2D eigenvalue weighted by atomic mass is 10.1. The second-order valence-electron chi connectivity index (χ2n) is 7.21. The fraction of sp³-hybridized carbons (Fsp3) is 0.261. The van der Waals surface area contributed by atoms with Gasteiger partial charge in [0.1, 0.15) is 18.2 Å². The zero-order valence-corrected chi connectivity index (χ0v) is 16.2. The van der Waals surface area contributed by atoms with Gasteiger partial charge in [-0.05, 0) is 54.7 Å². The lowest BCUT2D eigenvalue weighted by Gasteiger charge is -2.17. The van der Waals surface area contributed by atoms with E-state index in [0.29, 0.717) is 23.5 Å². The molecular weight excluding hydrogens is 369 g/mol. The third kappa shape index (κ3) is 3.97. The van der Waals surface area contributed by atoms with Crippen molar-refractivity contribution in [3.05, 3.63) is 87.6 Å². The van der Waals surface area contributed by atoms with Crippen LogP contribution in [0.5, 0.6) is 0 Å². The number of carbonyl (C=O) groups excluding carboxylic acids is 1. The Labute approximate surface area is 168 Å². The Hall–Kier alpha value is -3.28. The topological polar surface area (TPSA) is 64.0 Å². The summed E-state index contributed by atoms with van der Waals surface area (Å²) in [6, 6.07) is 15.2. The molecule has 1 amide bonds. The molecule has 0 saturated heterocycles. The molecule has 0 radical (unpaired) electrons. The highest BCUT2D eigenvalue weighted by molar-refractivity contribution is 5.77. The van der Waals surface area contributed by atoms with Crippen LogP contribution in [0, 0.1) is 5.82 Å². The van der Waals surface area contributed by atoms with Crippen LogP contribution in [0.2, 0.25) is 0 Å². The number of hydrogen-bond acceptors (Lipinski definition) is 3. The number of aryl methyl sites for hydroxylation is 2. The van der Waals surface area contributed by atoms with Gasteiger partial charge in [0.2, 0.25) is 5.91 Å². The van der Waals surface area contributed by atoms with Crippen LogP contribution in [-0.2, 0) is 24.2 Å². The summed E-state index contributed by atoms with van der Waals surface area (Å²) in [6.45, 7) is 1.77. The van der Waals surface area contributed by atoms with E-state index >= 15 is 0 Å². The molecule has 1 N–H and O–H groups in total. The van der Waals surface area contributed by atoms with Crippen LogP contribution < -0.4 is 10.9 Å². The molecule has 0 aliphatic heterocycles. The van der Waals surface area contributed by atoms with Crippen molar-refractivity contribution in [2.75, 3.05) is 0 Å². The van der Waals surface area contributed by atoms with E-state index in [1.54, 1.807) is 12.1 Å². The zero-order chi connectivity index (χ0) is 20.4. The van der Waals surface area contributed by atoms with Gasteiger partial charge >= 0.3 is 0 Å². The summed E-state index contributed by atoms with van der Waals surface area (Å²) in [6.07, 6.45) is 2.36. The number of aromatic nitrogens is 2. The summed E-state index contributed by atoms with van der Waals surface area (Å²) in [7, 11) is 0. The van der Waals surface area contributed by atoms with Crippen LogP contribution in [0.1, 0.15) is 36.2 Å². The second-order valence-corrected chi connectivity index (χ2v) is 7.21. The molecule has 1 aliphatic rings. The third-order valence-electron chi connectivity index (χ3n) is 5.30. The van der Waals surface area contributed by atoms with Gasteiger partial charge in [-0.2, -0.15) is 0 Å². The number of carbonyl (C=O) groups is 1. The Bertz CT molecular complexity index is 1110. The van der Waals surface area contributed by atoms with Gasteiger partial charge in [-0.1, -0.05) is 31.2 Å².